The molecule has 0 fully saturated rings. The first kappa shape index (κ1) is 9.22. The molecule has 1 N–H and O–H groups in total. The van der Waals surface area contributed by atoms with Gasteiger partial charge < -0.3 is 13.9 Å². The van der Waals surface area contributed by atoms with Gasteiger partial charge in [-0.2, -0.15) is 0 Å². The van der Waals surface area contributed by atoms with Crippen molar-refractivity contribution >= 4 is 38.3 Å². The number of nitrogens with zero attached hydrogens (tertiary/aromatic N) is 2. The van der Waals surface area contributed by atoms with Gasteiger partial charge in [0, 0.05) is 28.7 Å². The number of H-pyrrole nitrogens is 1. The molecule has 4 heterocycles. The van der Waals surface area contributed by atoms with Crippen LogP contribution in [-0.4, -0.2) is 14.5 Å². The Morgan fingerprint density at radius 2 is 2.05 bits per heavy atom. The molecule has 0 aliphatic rings. The van der Waals surface area contributed by atoms with Gasteiger partial charge >= 0.3 is 0 Å². The summed E-state index contributed by atoms with van der Waals surface area (Å²) in [6, 6.07) is 10.4. The van der Waals surface area contributed by atoms with E-state index >= 15 is 0 Å². The third-order valence-corrected chi connectivity index (χ3v) is 3.73. The number of pyridine rings is 1. The van der Waals surface area contributed by atoms with Crippen LogP contribution < -0.4 is 0 Å². The fourth-order valence-corrected chi connectivity index (χ4v) is 2.89. The molecule has 4 nitrogen and oxygen atoms in total. The molecular formula is C15H9N3O. The molecule has 0 atom stereocenters. The van der Waals surface area contributed by atoms with Crippen LogP contribution in [0.15, 0.2) is 53.4 Å². The van der Waals surface area contributed by atoms with Gasteiger partial charge in [-0.25, -0.2) is 0 Å². The van der Waals surface area contributed by atoms with Crippen molar-refractivity contribution in [3.8, 4) is 0 Å². The van der Waals surface area contributed by atoms with Crippen molar-refractivity contribution in [2.45, 2.75) is 0 Å². The molecule has 19 heavy (non-hydrogen) atoms. The number of hydrogen-bond donors (Lipinski definition) is 1. The van der Waals surface area contributed by atoms with E-state index in [9.17, 15) is 0 Å². The second kappa shape index (κ2) is 2.98. The Labute approximate surface area is 107 Å². The van der Waals surface area contributed by atoms with E-state index in [0.717, 1.165) is 27.5 Å². The van der Waals surface area contributed by atoms with Crippen LogP contribution in [0.25, 0.3) is 38.3 Å². The molecule has 0 radical (unpaired) electrons. The third kappa shape index (κ3) is 1.02. The van der Waals surface area contributed by atoms with E-state index in [4.69, 9.17) is 4.52 Å². The van der Waals surface area contributed by atoms with Crippen LogP contribution in [0.4, 0.5) is 0 Å². The van der Waals surface area contributed by atoms with Crippen LogP contribution in [0.1, 0.15) is 0 Å². The van der Waals surface area contributed by atoms with Gasteiger partial charge in [0.15, 0.2) is 5.58 Å². The summed E-state index contributed by atoms with van der Waals surface area (Å²) < 4.78 is 7.46. The minimum absolute atomic E-state index is 0.831. The molecule has 0 unspecified atom stereocenters. The zero-order valence-corrected chi connectivity index (χ0v) is 9.92. The number of hydrogen-bond acceptors (Lipinski definition) is 2. The van der Waals surface area contributed by atoms with Crippen molar-refractivity contribution in [3.63, 3.8) is 0 Å². The number of fused-ring (bicyclic) bond motifs is 7. The molecule has 0 saturated heterocycles. The van der Waals surface area contributed by atoms with Gasteiger partial charge in [-0.05, 0) is 12.1 Å². The Hall–Kier alpha value is -2.75. The first-order chi connectivity index (χ1) is 9.42. The van der Waals surface area contributed by atoms with E-state index in [2.05, 4.69) is 45.0 Å². The lowest BCUT2D eigenvalue weighted by Gasteiger charge is -1.96. The predicted octanol–water partition coefficient (Wildman–Crippen LogP) is 3.72. The Balaban J connectivity index is 2.17. The van der Waals surface area contributed by atoms with E-state index in [-0.39, 0.29) is 0 Å². The van der Waals surface area contributed by atoms with Crippen LogP contribution in [0, 0.1) is 0 Å². The van der Waals surface area contributed by atoms with E-state index in [1.807, 2.05) is 12.3 Å². The molecule has 0 saturated carbocycles. The normalized spacial score (nSPS) is 12.2. The first-order valence-electron chi connectivity index (χ1n) is 6.16. The lowest BCUT2D eigenvalue weighted by Crippen LogP contribution is -1.82. The van der Waals surface area contributed by atoms with Gasteiger partial charge in [-0.1, -0.05) is 23.4 Å². The van der Waals surface area contributed by atoms with Gasteiger partial charge in [0.2, 0.25) is 0 Å². The quantitative estimate of drug-likeness (QED) is 0.453. The average Bonchev–Trinajstić information content (AvgIpc) is 3.08. The van der Waals surface area contributed by atoms with Crippen LogP contribution >= 0.6 is 0 Å². The highest BCUT2D eigenvalue weighted by Gasteiger charge is 2.13. The molecule has 0 spiro atoms. The summed E-state index contributed by atoms with van der Waals surface area (Å²) in [4.78, 5) is 3.48. The largest absolute Gasteiger partial charge is 0.354 e. The summed E-state index contributed by atoms with van der Waals surface area (Å²) >= 11 is 0. The molecule has 4 heteroatoms. The highest BCUT2D eigenvalue weighted by Crippen LogP contribution is 2.32. The van der Waals surface area contributed by atoms with E-state index in [1.165, 1.54) is 10.8 Å². The van der Waals surface area contributed by atoms with Crippen LogP contribution in [0.3, 0.4) is 0 Å². The van der Waals surface area contributed by atoms with Crippen molar-refractivity contribution in [1.82, 2.24) is 14.5 Å². The second-order valence-corrected chi connectivity index (χ2v) is 4.77. The van der Waals surface area contributed by atoms with Gasteiger partial charge in [0.05, 0.1) is 17.1 Å². The Morgan fingerprint density at radius 3 is 3.05 bits per heavy atom. The fourth-order valence-electron chi connectivity index (χ4n) is 2.89. The lowest BCUT2D eigenvalue weighted by molar-refractivity contribution is 0.458. The minimum atomic E-state index is 0.831. The molecule has 1 aromatic carbocycles. The SMILES string of the molecule is c1ccc2c(c1)[nH]c1c2ccn2cc3cnoc3c12. The van der Waals surface area contributed by atoms with E-state index < -0.39 is 0 Å². The molecule has 0 amide bonds. The van der Waals surface area contributed by atoms with Gasteiger partial charge in [0.25, 0.3) is 0 Å². The van der Waals surface area contributed by atoms with Crippen molar-refractivity contribution < 1.29 is 4.52 Å². The Kier molecular flexibility index (Phi) is 1.44. The number of rotatable bonds is 0. The summed E-state index contributed by atoms with van der Waals surface area (Å²) in [7, 11) is 0. The monoisotopic (exact) mass is 247 g/mol. The fraction of sp³-hybridized carbons (Fsp3) is 0. The second-order valence-electron chi connectivity index (χ2n) is 4.77. The summed E-state index contributed by atoms with van der Waals surface area (Å²) in [6.07, 6.45) is 5.84. The highest BCUT2D eigenvalue weighted by atomic mass is 16.5. The summed E-state index contributed by atoms with van der Waals surface area (Å²) in [6.45, 7) is 0. The predicted molar refractivity (Wildman–Crippen MR) is 74.3 cm³/mol. The number of nitrogens with one attached hydrogen (secondary N) is 1. The molecule has 4 aromatic heterocycles. The van der Waals surface area contributed by atoms with Gasteiger partial charge in [0.1, 0.15) is 5.52 Å². The smallest absolute Gasteiger partial charge is 0.194 e. The van der Waals surface area contributed by atoms with Crippen molar-refractivity contribution in [1.29, 1.82) is 0 Å². The number of aromatic amines is 1. The molecule has 0 bridgehead atoms. The number of aromatic nitrogens is 3. The molecule has 5 rings (SSSR count). The third-order valence-electron chi connectivity index (χ3n) is 3.73. The highest BCUT2D eigenvalue weighted by molar-refractivity contribution is 6.16. The minimum Gasteiger partial charge on any atom is -0.354 e. The van der Waals surface area contributed by atoms with Crippen LogP contribution in [0.5, 0.6) is 0 Å². The first-order valence-corrected chi connectivity index (χ1v) is 6.16. The standard InChI is InChI=1S/C15H9N3O/c1-2-4-12-10(3-1)11-5-6-18-8-9-7-16-19-15(9)14(18)13(11)17-12/h1-8,17H. The Morgan fingerprint density at radius 1 is 1.11 bits per heavy atom. The summed E-state index contributed by atoms with van der Waals surface area (Å²) in [5, 5.41) is 7.33. The maximum Gasteiger partial charge on any atom is 0.194 e. The molecule has 5 aromatic rings. The van der Waals surface area contributed by atoms with Crippen molar-refractivity contribution in [2.75, 3.05) is 0 Å². The summed E-state index contributed by atoms with van der Waals surface area (Å²) in [5.74, 6) is 0. The van der Waals surface area contributed by atoms with Crippen molar-refractivity contribution in [2.24, 2.45) is 0 Å². The maximum atomic E-state index is 5.38. The number of para-hydroxylation sites is 1. The zero-order chi connectivity index (χ0) is 12.4. The maximum absolute atomic E-state index is 5.38. The summed E-state index contributed by atoms with van der Waals surface area (Å²) in [5.41, 5.74) is 4.10. The van der Waals surface area contributed by atoms with Crippen LogP contribution in [0.2, 0.25) is 0 Å². The van der Waals surface area contributed by atoms with Gasteiger partial charge in [-0.3, -0.25) is 0 Å². The topological polar surface area (TPSA) is 46.2 Å². The van der Waals surface area contributed by atoms with E-state index in [1.54, 1.807) is 6.20 Å². The molecule has 90 valence electrons. The van der Waals surface area contributed by atoms with Crippen molar-refractivity contribution in [3.05, 3.63) is 48.9 Å². The van der Waals surface area contributed by atoms with Gasteiger partial charge in [-0.15, -0.1) is 0 Å². The van der Waals surface area contributed by atoms with E-state index in [0.29, 0.717) is 0 Å². The molecule has 0 aliphatic heterocycles. The molecule has 0 aliphatic carbocycles. The average molecular weight is 247 g/mol. The number of benzene rings is 1. The lowest BCUT2D eigenvalue weighted by atomic mass is 10.2. The Bertz CT molecular complexity index is 1060. The molecular weight excluding hydrogens is 238 g/mol. The van der Waals surface area contributed by atoms with Crippen LogP contribution in [-0.2, 0) is 0 Å². The zero-order valence-electron chi connectivity index (χ0n) is 9.92.